The Morgan fingerprint density at radius 1 is 1.50 bits per heavy atom. The number of aryl methyl sites for hydroxylation is 1. The Morgan fingerprint density at radius 3 is 2.95 bits per heavy atom. The van der Waals surface area contributed by atoms with Crippen LogP contribution < -0.4 is 15.8 Å². The van der Waals surface area contributed by atoms with Crippen LogP contribution in [0.2, 0.25) is 0 Å². The highest BCUT2D eigenvalue weighted by atomic mass is 79.9. The van der Waals surface area contributed by atoms with Crippen molar-refractivity contribution in [3.63, 3.8) is 0 Å². The van der Waals surface area contributed by atoms with Crippen LogP contribution in [0, 0.1) is 0 Å². The van der Waals surface area contributed by atoms with Crippen LogP contribution in [0.1, 0.15) is 33.6 Å². The Kier molecular flexibility index (Phi) is 5.21. The molecular weight excluding hydrogens is 320 g/mol. The van der Waals surface area contributed by atoms with Crippen LogP contribution in [-0.4, -0.2) is 35.0 Å². The molecule has 0 saturated carbocycles. The van der Waals surface area contributed by atoms with Crippen molar-refractivity contribution in [3.05, 3.63) is 21.0 Å². The lowest BCUT2D eigenvalue weighted by Crippen LogP contribution is -2.55. The standard InChI is InChI=1S/C14H23BrN4O/c1-4-5-6-19-14(20)13(15)12(8-17-19)18-9-10(2)16-7-11(18)3/h8,10-11,16H,4-7,9H2,1-3H3. The number of nitrogens with zero attached hydrogens (tertiary/aromatic N) is 3. The van der Waals surface area contributed by atoms with E-state index in [4.69, 9.17) is 0 Å². The molecule has 0 aliphatic carbocycles. The summed E-state index contributed by atoms with van der Waals surface area (Å²) in [5, 5.41) is 7.77. The number of halogens is 1. The van der Waals surface area contributed by atoms with E-state index in [0.29, 0.717) is 23.1 Å². The van der Waals surface area contributed by atoms with Crippen molar-refractivity contribution in [1.29, 1.82) is 0 Å². The summed E-state index contributed by atoms with van der Waals surface area (Å²) >= 11 is 3.47. The number of hydrogen-bond donors (Lipinski definition) is 1. The summed E-state index contributed by atoms with van der Waals surface area (Å²) in [6, 6.07) is 0.774. The number of unbranched alkanes of at least 4 members (excludes halogenated alkanes) is 1. The zero-order valence-corrected chi connectivity index (χ0v) is 14.0. The molecule has 112 valence electrons. The molecule has 1 aliphatic heterocycles. The highest BCUT2D eigenvalue weighted by Gasteiger charge is 2.25. The summed E-state index contributed by atoms with van der Waals surface area (Å²) in [7, 11) is 0. The molecule has 0 spiro atoms. The maximum atomic E-state index is 12.3. The van der Waals surface area contributed by atoms with Crippen molar-refractivity contribution in [2.45, 2.75) is 52.2 Å². The zero-order valence-electron chi connectivity index (χ0n) is 12.4. The van der Waals surface area contributed by atoms with Crippen LogP contribution >= 0.6 is 15.9 Å². The Morgan fingerprint density at radius 2 is 2.25 bits per heavy atom. The predicted octanol–water partition coefficient (Wildman–Crippen LogP) is 1.99. The molecule has 0 amide bonds. The van der Waals surface area contributed by atoms with Gasteiger partial charge in [-0.05, 0) is 36.2 Å². The van der Waals surface area contributed by atoms with E-state index < -0.39 is 0 Å². The number of hydrogen-bond acceptors (Lipinski definition) is 4. The number of piperazine rings is 1. The maximum absolute atomic E-state index is 12.3. The largest absolute Gasteiger partial charge is 0.364 e. The normalized spacial score (nSPS) is 23.1. The average molecular weight is 343 g/mol. The van der Waals surface area contributed by atoms with Crippen molar-refractivity contribution < 1.29 is 0 Å². The summed E-state index contributed by atoms with van der Waals surface area (Å²) < 4.78 is 2.18. The molecule has 1 aromatic rings. The van der Waals surface area contributed by atoms with Crippen molar-refractivity contribution in [2.24, 2.45) is 0 Å². The molecule has 6 heteroatoms. The second kappa shape index (κ2) is 6.72. The van der Waals surface area contributed by atoms with E-state index in [1.165, 1.54) is 0 Å². The van der Waals surface area contributed by atoms with E-state index in [0.717, 1.165) is 31.6 Å². The highest BCUT2D eigenvalue weighted by molar-refractivity contribution is 9.10. The predicted molar refractivity (Wildman–Crippen MR) is 85.4 cm³/mol. The summed E-state index contributed by atoms with van der Waals surface area (Å²) in [6.07, 6.45) is 3.84. The van der Waals surface area contributed by atoms with Crippen LogP contribution in [0.4, 0.5) is 5.69 Å². The van der Waals surface area contributed by atoms with Crippen LogP contribution in [0.15, 0.2) is 15.5 Å². The van der Waals surface area contributed by atoms with Gasteiger partial charge in [0.2, 0.25) is 0 Å². The van der Waals surface area contributed by atoms with E-state index in [1.54, 1.807) is 4.68 Å². The highest BCUT2D eigenvalue weighted by Crippen LogP contribution is 2.25. The van der Waals surface area contributed by atoms with Gasteiger partial charge in [0.25, 0.3) is 5.56 Å². The number of aromatic nitrogens is 2. The minimum Gasteiger partial charge on any atom is -0.364 e. The summed E-state index contributed by atoms with van der Waals surface area (Å²) in [5.41, 5.74) is 0.873. The Bertz CT molecular complexity index is 516. The minimum absolute atomic E-state index is 0.0330. The van der Waals surface area contributed by atoms with Gasteiger partial charge in [-0.1, -0.05) is 13.3 Å². The van der Waals surface area contributed by atoms with Gasteiger partial charge >= 0.3 is 0 Å². The molecule has 20 heavy (non-hydrogen) atoms. The van der Waals surface area contributed by atoms with Crippen molar-refractivity contribution in [1.82, 2.24) is 15.1 Å². The Hall–Kier alpha value is -0.880. The van der Waals surface area contributed by atoms with Gasteiger partial charge in [0.15, 0.2) is 0 Å². The second-order valence-electron chi connectivity index (χ2n) is 5.54. The van der Waals surface area contributed by atoms with Crippen LogP contribution in [-0.2, 0) is 6.54 Å². The van der Waals surface area contributed by atoms with E-state index in [9.17, 15) is 4.79 Å². The van der Waals surface area contributed by atoms with Gasteiger partial charge in [-0.2, -0.15) is 5.10 Å². The fourth-order valence-corrected chi connectivity index (χ4v) is 3.02. The van der Waals surface area contributed by atoms with Gasteiger partial charge in [0.05, 0.1) is 11.9 Å². The van der Waals surface area contributed by atoms with Crippen molar-refractivity contribution in [2.75, 3.05) is 18.0 Å². The first kappa shape index (κ1) is 15.5. The maximum Gasteiger partial charge on any atom is 0.283 e. The monoisotopic (exact) mass is 342 g/mol. The van der Waals surface area contributed by atoms with Gasteiger partial charge in [0.1, 0.15) is 4.47 Å². The van der Waals surface area contributed by atoms with Gasteiger partial charge in [-0.15, -0.1) is 0 Å². The van der Waals surface area contributed by atoms with Gasteiger partial charge in [-0.3, -0.25) is 4.79 Å². The SMILES string of the molecule is CCCCn1ncc(N2CC(C)NCC2C)c(Br)c1=O. The molecule has 1 aromatic heterocycles. The van der Waals surface area contributed by atoms with Crippen molar-refractivity contribution in [3.8, 4) is 0 Å². The molecule has 1 fully saturated rings. The first-order valence-electron chi connectivity index (χ1n) is 7.30. The molecule has 2 heterocycles. The molecule has 0 aromatic carbocycles. The molecule has 2 rings (SSSR count). The smallest absolute Gasteiger partial charge is 0.283 e. The first-order chi connectivity index (χ1) is 9.54. The zero-order chi connectivity index (χ0) is 14.7. The van der Waals surface area contributed by atoms with Crippen LogP contribution in [0.5, 0.6) is 0 Å². The minimum atomic E-state index is -0.0330. The molecule has 2 atom stereocenters. The third-order valence-corrected chi connectivity index (χ3v) is 4.51. The molecule has 1 saturated heterocycles. The number of nitrogens with one attached hydrogen (secondary N) is 1. The Balaban J connectivity index is 2.28. The summed E-state index contributed by atoms with van der Waals surface area (Å²) in [6.45, 7) is 8.92. The molecule has 0 radical (unpaired) electrons. The fourth-order valence-electron chi connectivity index (χ4n) is 2.48. The molecule has 1 N–H and O–H groups in total. The molecular formula is C14H23BrN4O. The van der Waals surface area contributed by atoms with E-state index in [1.807, 2.05) is 6.20 Å². The van der Waals surface area contributed by atoms with E-state index in [2.05, 4.69) is 52.0 Å². The number of rotatable bonds is 4. The number of anilines is 1. The lowest BCUT2D eigenvalue weighted by atomic mass is 10.1. The lowest BCUT2D eigenvalue weighted by molar-refractivity contribution is 0.423. The average Bonchev–Trinajstić information content (AvgIpc) is 2.43. The molecule has 2 unspecified atom stereocenters. The van der Waals surface area contributed by atoms with Crippen LogP contribution in [0.25, 0.3) is 0 Å². The topological polar surface area (TPSA) is 50.2 Å². The summed E-state index contributed by atoms with van der Waals surface area (Å²) in [5.74, 6) is 0. The quantitative estimate of drug-likeness (QED) is 0.909. The van der Waals surface area contributed by atoms with E-state index >= 15 is 0 Å². The fraction of sp³-hybridized carbons (Fsp3) is 0.714. The second-order valence-corrected chi connectivity index (χ2v) is 6.33. The van der Waals surface area contributed by atoms with Crippen LogP contribution in [0.3, 0.4) is 0 Å². The van der Waals surface area contributed by atoms with Gasteiger partial charge in [0, 0.05) is 31.7 Å². The summed E-state index contributed by atoms with van der Waals surface area (Å²) in [4.78, 5) is 14.6. The first-order valence-corrected chi connectivity index (χ1v) is 8.09. The lowest BCUT2D eigenvalue weighted by Gasteiger charge is -2.39. The van der Waals surface area contributed by atoms with Gasteiger partial charge < -0.3 is 10.2 Å². The molecule has 1 aliphatic rings. The molecule has 5 nitrogen and oxygen atoms in total. The third kappa shape index (κ3) is 3.23. The third-order valence-electron chi connectivity index (χ3n) is 3.76. The van der Waals surface area contributed by atoms with Gasteiger partial charge in [-0.25, -0.2) is 4.68 Å². The molecule has 0 bridgehead atoms. The Labute approximate surface area is 128 Å². The van der Waals surface area contributed by atoms with E-state index in [-0.39, 0.29) is 5.56 Å². The van der Waals surface area contributed by atoms with Crippen molar-refractivity contribution >= 4 is 21.6 Å².